The Morgan fingerprint density at radius 1 is 1.44 bits per heavy atom. The number of aryl methyl sites for hydroxylation is 1. The molecule has 0 radical (unpaired) electrons. The van der Waals surface area contributed by atoms with Crippen molar-refractivity contribution < 1.29 is 15.0 Å². The summed E-state index contributed by atoms with van der Waals surface area (Å²) in [6, 6.07) is 4.91. The SMILES string of the molecule is Cc1ccc(C(=O)NC2CC(O)C2)cc1O. The number of aromatic hydroxyl groups is 1. The molecule has 3 N–H and O–H groups in total. The smallest absolute Gasteiger partial charge is 0.251 e. The second-order valence-corrected chi connectivity index (χ2v) is 4.30. The van der Waals surface area contributed by atoms with Gasteiger partial charge in [0, 0.05) is 11.6 Å². The van der Waals surface area contributed by atoms with Crippen LogP contribution >= 0.6 is 0 Å². The lowest BCUT2D eigenvalue weighted by Gasteiger charge is -2.31. The zero-order chi connectivity index (χ0) is 11.7. The molecule has 1 amide bonds. The fourth-order valence-electron chi connectivity index (χ4n) is 1.73. The van der Waals surface area contributed by atoms with E-state index in [0.29, 0.717) is 18.4 Å². The summed E-state index contributed by atoms with van der Waals surface area (Å²) < 4.78 is 0. The highest BCUT2D eigenvalue weighted by molar-refractivity contribution is 5.94. The van der Waals surface area contributed by atoms with Crippen molar-refractivity contribution in [2.24, 2.45) is 0 Å². The molecule has 1 fully saturated rings. The molecule has 16 heavy (non-hydrogen) atoms. The Bertz CT molecular complexity index is 411. The molecule has 0 bridgehead atoms. The van der Waals surface area contributed by atoms with Crippen molar-refractivity contribution in [1.29, 1.82) is 0 Å². The number of carbonyl (C=O) groups is 1. The monoisotopic (exact) mass is 221 g/mol. The summed E-state index contributed by atoms with van der Waals surface area (Å²) in [7, 11) is 0. The number of benzene rings is 1. The summed E-state index contributed by atoms with van der Waals surface area (Å²) in [4.78, 5) is 11.7. The zero-order valence-electron chi connectivity index (χ0n) is 9.10. The maximum atomic E-state index is 11.7. The molecule has 0 atom stereocenters. The Morgan fingerprint density at radius 2 is 2.12 bits per heavy atom. The Kier molecular flexibility index (Phi) is 2.83. The molecule has 0 unspecified atom stereocenters. The van der Waals surface area contributed by atoms with E-state index in [0.717, 1.165) is 5.56 Å². The molecule has 4 nitrogen and oxygen atoms in total. The molecule has 0 aliphatic heterocycles. The van der Waals surface area contributed by atoms with Crippen molar-refractivity contribution in [3.8, 4) is 5.75 Å². The number of amides is 1. The van der Waals surface area contributed by atoms with Crippen LogP contribution in [0.15, 0.2) is 18.2 Å². The van der Waals surface area contributed by atoms with Gasteiger partial charge < -0.3 is 15.5 Å². The predicted octanol–water partition coefficient (Wildman–Crippen LogP) is 0.954. The minimum absolute atomic E-state index is 0.0611. The average Bonchev–Trinajstić information content (AvgIpc) is 2.19. The molecule has 1 aliphatic rings. The second-order valence-electron chi connectivity index (χ2n) is 4.30. The van der Waals surface area contributed by atoms with Gasteiger partial charge in [0.1, 0.15) is 5.75 Å². The van der Waals surface area contributed by atoms with E-state index in [1.54, 1.807) is 19.1 Å². The maximum Gasteiger partial charge on any atom is 0.251 e. The molecule has 86 valence electrons. The summed E-state index contributed by atoms with van der Waals surface area (Å²) in [5, 5.41) is 21.4. The first-order valence-electron chi connectivity index (χ1n) is 5.35. The first kappa shape index (κ1) is 11.0. The Hall–Kier alpha value is -1.55. The Balaban J connectivity index is 2.01. The number of hydrogen-bond acceptors (Lipinski definition) is 3. The van der Waals surface area contributed by atoms with Crippen LogP contribution < -0.4 is 5.32 Å². The highest BCUT2D eigenvalue weighted by Gasteiger charge is 2.28. The Morgan fingerprint density at radius 3 is 2.69 bits per heavy atom. The molecule has 0 spiro atoms. The van der Waals surface area contributed by atoms with E-state index < -0.39 is 0 Å². The highest BCUT2D eigenvalue weighted by Crippen LogP contribution is 2.21. The van der Waals surface area contributed by atoms with Crippen LogP contribution in [0.2, 0.25) is 0 Å². The Labute approximate surface area is 93.9 Å². The van der Waals surface area contributed by atoms with Crippen molar-refractivity contribution in [2.45, 2.75) is 31.9 Å². The van der Waals surface area contributed by atoms with Crippen molar-refractivity contribution in [3.63, 3.8) is 0 Å². The van der Waals surface area contributed by atoms with Gasteiger partial charge in [0.25, 0.3) is 5.91 Å². The summed E-state index contributed by atoms with van der Waals surface area (Å²) >= 11 is 0. The van der Waals surface area contributed by atoms with Crippen molar-refractivity contribution in [1.82, 2.24) is 5.32 Å². The number of aliphatic hydroxyl groups is 1. The summed E-state index contributed by atoms with van der Waals surface area (Å²) in [6.45, 7) is 1.78. The molecule has 0 saturated heterocycles. The number of carbonyl (C=O) groups excluding carboxylic acids is 1. The van der Waals surface area contributed by atoms with Gasteiger partial charge in [-0.2, -0.15) is 0 Å². The third kappa shape index (κ3) is 2.17. The van der Waals surface area contributed by atoms with E-state index in [-0.39, 0.29) is 23.8 Å². The summed E-state index contributed by atoms with van der Waals surface area (Å²) in [5.74, 6) is -0.0755. The van der Waals surface area contributed by atoms with E-state index >= 15 is 0 Å². The first-order valence-corrected chi connectivity index (χ1v) is 5.35. The van der Waals surface area contributed by atoms with Gasteiger partial charge in [-0.15, -0.1) is 0 Å². The van der Waals surface area contributed by atoms with Crippen LogP contribution in [-0.4, -0.2) is 28.3 Å². The lowest BCUT2D eigenvalue weighted by atomic mass is 9.89. The summed E-state index contributed by atoms with van der Waals surface area (Å²) in [6.07, 6.45) is 0.949. The van der Waals surface area contributed by atoms with Crippen molar-refractivity contribution >= 4 is 5.91 Å². The maximum absolute atomic E-state index is 11.7. The van der Waals surface area contributed by atoms with Crippen LogP contribution in [0.1, 0.15) is 28.8 Å². The van der Waals surface area contributed by atoms with E-state index in [9.17, 15) is 9.90 Å². The number of rotatable bonds is 2. The third-order valence-corrected chi connectivity index (χ3v) is 2.92. The normalized spacial score (nSPS) is 23.6. The number of nitrogens with one attached hydrogen (secondary N) is 1. The molecule has 4 heteroatoms. The van der Waals surface area contributed by atoms with Crippen LogP contribution in [0.4, 0.5) is 0 Å². The van der Waals surface area contributed by atoms with Crippen molar-refractivity contribution in [3.05, 3.63) is 29.3 Å². The van der Waals surface area contributed by atoms with Gasteiger partial charge in [-0.25, -0.2) is 0 Å². The second kappa shape index (κ2) is 4.14. The fraction of sp³-hybridized carbons (Fsp3) is 0.417. The number of phenolic OH excluding ortho intramolecular Hbond substituents is 1. The van der Waals surface area contributed by atoms with Crippen LogP contribution in [0.25, 0.3) is 0 Å². The molecule has 1 aromatic carbocycles. The molecular weight excluding hydrogens is 206 g/mol. The molecule has 0 heterocycles. The zero-order valence-corrected chi connectivity index (χ0v) is 9.10. The van der Waals surface area contributed by atoms with Gasteiger partial charge in [-0.05, 0) is 37.5 Å². The molecule has 1 aliphatic carbocycles. The first-order chi connectivity index (χ1) is 7.56. The highest BCUT2D eigenvalue weighted by atomic mass is 16.3. The standard InChI is InChI=1S/C12H15NO3/c1-7-2-3-8(4-11(7)15)12(16)13-9-5-10(14)6-9/h2-4,9-10,14-15H,5-6H2,1H3,(H,13,16). The average molecular weight is 221 g/mol. The van der Waals surface area contributed by atoms with E-state index in [4.69, 9.17) is 5.11 Å². The molecule has 1 saturated carbocycles. The predicted molar refractivity (Wildman–Crippen MR) is 59.3 cm³/mol. The molecular formula is C12H15NO3. The minimum atomic E-state index is -0.281. The number of phenols is 1. The lowest BCUT2D eigenvalue weighted by molar-refractivity contribution is 0.0562. The van der Waals surface area contributed by atoms with Crippen LogP contribution in [0.3, 0.4) is 0 Å². The van der Waals surface area contributed by atoms with Gasteiger partial charge in [-0.3, -0.25) is 4.79 Å². The minimum Gasteiger partial charge on any atom is -0.508 e. The molecule has 2 rings (SSSR count). The van der Waals surface area contributed by atoms with E-state index in [2.05, 4.69) is 5.32 Å². The van der Waals surface area contributed by atoms with E-state index in [1.807, 2.05) is 0 Å². The van der Waals surface area contributed by atoms with Gasteiger partial charge in [0.2, 0.25) is 0 Å². The topological polar surface area (TPSA) is 69.6 Å². The number of aliphatic hydroxyl groups excluding tert-OH is 1. The lowest BCUT2D eigenvalue weighted by Crippen LogP contribution is -2.46. The fourth-order valence-corrected chi connectivity index (χ4v) is 1.73. The van der Waals surface area contributed by atoms with Gasteiger partial charge in [0.15, 0.2) is 0 Å². The van der Waals surface area contributed by atoms with Crippen LogP contribution in [-0.2, 0) is 0 Å². The quantitative estimate of drug-likeness (QED) is 0.696. The van der Waals surface area contributed by atoms with Crippen LogP contribution in [0.5, 0.6) is 5.75 Å². The summed E-state index contributed by atoms with van der Waals surface area (Å²) in [5.41, 5.74) is 1.19. The van der Waals surface area contributed by atoms with E-state index in [1.165, 1.54) is 6.07 Å². The largest absolute Gasteiger partial charge is 0.508 e. The van der Waals surface area contributed by atoms with Crippen molar-refractivity contribution in [2.75, 3.05) is 0 Å². The van der Waals surface area contributed by atoms with Gasteiger partial charge in [0.05, 0.1) is 6.10 Å². The van der Waals surface area contributed by atoms with Crippen LogP contribution in [0, 0.1) is 6.92 Å². The van der Waals surface area contributed by atoms with Gasteiger partial charge in [-0.1, -0.05) is 6.07 Å². The molecule has 0 aromatic heterocycles. The third-order valence-electron chi connectivity index (χ3n) is 2.92. The van der Waals surface area contributed by atoms with Gasteiger partial charge >= 0.3 is 0 Å². The number of hydrogen-bond donors (Lipinski definition) is 3. The molecule has 1 aromatic rings.